The summed E-state index contributed by atoms with van der Waals surface area (Å²) in [5.74, 6) is 0.576. The van der Waals surface area contributed by atoms with Crippen molar-refractivity contribution in [1.82, 2.24) is 4.98 Å². The van der Waals surface area contributed by atoms with Crippen LogP contribution in [0.15, 0.2) is 6.07 Å². The number of fused-ring (bicyclic) bond motifs is 1. The molecule has 0 saturated carbocycles. The van der Waals surface area contributed by atoms with Crippen LogP contribution < -0.4 is 0 Å². The highest BCUT2D eigenvalue weighted by Crippen LogP contribution is 2.28. The highest BCUT2D eigenvalue weighted by atomic mass is 14.7. The molecule has 0 aromatic carbocycles. The lowest BCUT2D eigenvalue weighted by Crippen LogP contribution is -2.01. The first-order valence-corrected chi connectivity index (χ1v) is 5.18. The first-order valence-electron chi connectivity index (χ1n) is 5.18. The zero-order valence-corrected chi connectivity index (χ0v) is 8.72. The van der Waals surface area contributed by atoms with Crippen LogP contribution in [0.25, 0.3) is 0 Å². The van der Waals surface area contributed by atoms with Crippen LogP contribution >= 0.6 is 0 Å². The van der Waals surface area contributed by atoms with Crippen LogP contribution in [0.4, 0.5) is 0 Å². The van der Waals surface area contributed by atoms with Crippen LogP contribution in [0.3, 0.4) is 0 Å². The summed E-state index contributed by atoms with van der Waals surface area (Å²) in [6.45, 7) is 6.57. The summed E-state index contributed by atoms with van der Waals surface area (Å²) < 4.78 is 0. The number of nitrogens with zero attached hydrogens (tertiary/aromatic N) is 1. The van der Waals surface area contributed by atoms with Crippen molar-refractivity contribution in [1.29, 1.82) is 0 Å². The van der Waals surface area contributed by atoms with Crippen molar-refractivity contribution in [3.05, 3.63) is 28.6 Å². The smallest absolute Gasteiger partial charge is 0.0466 e. The van der Waals surface area contributed by atoms with Crippen LogP contribution in [-0.4, -0.2) is 4.98 Å². The quantitative estimate of drug-likeness (QED) is 0.639. The van der Waals surface area contributed by atoms with Crippen molar-refractivity contribution in [3.8, 4) is 0 Å². The molecule has 0 N–H and O–H groups in total. The Kier molecular flexibility index (Phi) is 2.10. The van der Waals surface area contributed by atoms with E-state index in [1.165, 1.54) is 30.7 Å². The molecule has 70 valence electrons. The van der Waals surface area contributed by atoms with E-state index in [1.54, 1.807) is 11.1 Å². The summed E-state index contributed by atoms with van der Waals surface area (Å²) >= 11 is 0. The molecule has 1 heteroatoms. The summed E-state index contributed by atoms with van der Waals surface area (Å²) in [5.41, 5.74) is 5.62. The Morgan fingerprint density at radius 3 is 2.77 bits per heavy atom. The molecule has 0 bridgehead atoms. The fourth-order valence-corrected chi connectivity index (χ4v) is 2.24. The van der Waals surface area contributed by atoms with Crippen LogP contribution in [-0.2, 0) is 12.8 Å². The van der Waals surface area contributed by atoms with E-state index in [0.29, 0.717) is 5.92 Å². The number of aromatic nitrogens is 1. The average molecular weight is 175 g/mol. The molecular formula is C12H17N. The van der Waals surface area contributed by atoms with Gasteiger partial charge in [0, 0.05) is 11.4 Å². The second-order valence-electron chi connectivity index (χ2n) is 4.29. The lowest BCUT2D eigenvalue weighted by atomic mass is 10.0. The molecule has 1 aliphatic rings. The molecule has 0 saturated heterocycles. The average Bonchev–Trinajstić information content (AvgIpc) is 2.49. The Hall–Kier alpha value is -0.850. The van der Waals surface area contributed by atoms with E-state index in [9.17, 15) is 0 Å². The lowest BCUT2D eigenvalue weighted by Gasteiger charge is -2.11. The molecule has 0 fully saturated rings. The van der Waals surface area contributed by atoms with E-state index >= 15 is 0 Å². The van der Waals surface area contributed by atoms with Crippen molar-refractivity contribution in [3.63, 3.8) is 0 Å². The zero-order valence-electron chi connectivity index (χ0n) is 8.72. The fourth-order valence-electron chi connectivity index (χ4n) is 2.24. The largest absolute Gasteiger partial charge is 0.258 e. The van der Waals surface area contributed by atoms with Gasteiger partial charge in [-0.05, 0) is 49.3 Å². The summed E-state index contributed by atoms with van der Waals surface area (Å²) in [6.07, 6.45) is 3.83. The molecule has 13 heavy (non-hydrogen) atoms. The van der Waals surface area contributed by atoms with Crippen LogP contribution in [0, 0.1) is 6.92 Å². The van der Waals surface area contributed by atoms with Crippen molar-refractivity contribution in [2.24, 2.45) is 0 Å². The highest BCUT2D eigenvalue weighted by Gasteiger charge is 2.17. The molecule has 0 spiro atoms. The summed E-state index contributed by atoms with van der Waals surface area (Å²) in [6, 6.07) is 2.26. The van der Waals surface area contributed by atoms with E-state index in [-0.39, 0.29) is 0 Å². The molecule has 1 heterocycles. The van der Waals surface area contributed by atoms with Gasteiger partial charge in [0.25, 0.3) is 0 Å². The minimum absolute atomic E-state index is 0.576. The Labute approximate surface area is 80.2 Å². The van der Waals surface area contributed by atoms with E-state index < -0.39 is 0 Å². The van der Waals surface area contributed by atoms with Gasteiger partial charge in [-0.1, -0.05) is 13.8 Å². The van der Waals surface area contributed by atoms with Gasteiger partial charge in [-0.2, -0.15) is 0 Å². The van der Waals surface area contributed by atoms with Crippen molar-refractivity contribution in [2.45, 2.75) is 46.0 Å². The van der Waals surface area contributed by atoms with Gasteiger partial charge in [0.1, 0.15) is 0 Å². The maximum absolute atomic E-state index is 4.64. The number of hydrogen-bond acceptors (Lipinski definition) is 1. The van der Waals surface area contributed by atoms with Gasteiger partial charge >= 0.3 is 0 Å². The first kappa shape index (κ1) is 8.74. The van der Waals surface area contributed by atoms with Gasteiger partial charge in [0.05, 0.1) is 0 Å². The molecule has 0 radical (unpaired) electrons. The van der Waals surface area contributed by atoms with Gasteiger partial charge in [-0.25, -0.2) is 0 Å². The molecule has 1 aromatic rings. The van der Waals surface area contributed by atoms with Crippen LogP contribution in [0.2, 0.25) is 0 Å². The van der Waals surface area contributed by atoms with Gasteiger partial charge in [0.15, 0.2) is 0 Å². The Bertz CT molecular complexity index is 326. The van der Waals surface area contributed by atoms with Crippen molar-refractivity contribution >= 4 is 0 Å². The monoisotopic (exact) mass is 175 g/mol. The summed E-state index contributed by atoms with van der Waals surface area (Å²) in [4.78, 5) is 4.64. The summed E-state index contributed by atoms with van der Waals surface area (Å²) in [5, 5.41) is 0. The minimum Gasteiger partial charge on any atom is -0.258 e. The Balaban J connectivity index is 2.55. The minimum atomic E-state index is 0.576. The van der Waals surface area contributed by atoms with Gasteiger partial charge < -0.3 is 0 Å². The number of pyridine rings is 1. The van der Waals surface area contributed by atoms with E-state index in [2.05, 4.69) is 31.8 Å². The molecule has 1 aliphatic carbocycles. The standard InChI is InChI=1S/C12H17N/c1-8(2)12-11-6-4-5-10(11)7-9(3)13-12/h7-8H,4-6H2,1-3H3. The Morgan fingerprint density at radius 1 is 1.31 bits per heavy atom. The normalized spacial score (nSPS) is 15.1. The molecule has 2 rings (SSSR count). The van der Waals surface area contributed by atoms with E-state index in [0.717, 1.165) is 0 Å². The maximum atomic E-state index is 4.64. The van der Waals surface area contributed by atoms with Crippen molar-refractivity contribution in [2.75, 3.05) is 0 Å². The molecular weight excluding hydrogens is 158 g/mol. The molecule has 0 amide bonds. The van der Waals surface area contributed by atoms with E-state index in [1.807, 2.05) is 0 Å². The van der Waals surface area contributed by atoms with Gasteiger partial charge in [0.2, 0.25) is 0 Å². The second-order valence-corrected chi connectivity index (χ2v) is 4.29. The maximum Gasteiger partial charge on any atom is 0.0466 e. The fraction of sp³-hybridized carbons (Fsp3) is 0.583. The van der Waals surface area contributed by atoms with E-state index in [4.69, 9.17) is 0 Å². The van der Waals surface area contributed by atoms with Crippen LogP contribution in [0.5, 0.6) is 0 Å². The molecule has 0 aliphatic heterocycles. The Morgan fingerprint density at radius 2 is 2.08 bits per heavy atom. The molecule has 0 unspecified atom stereocenters. The van der Waals surface area contributed by atoms with Crippen LogP contribution in [0.1, 0.15) is 48.7 Å². The predicted molar refractivity (Wildman–Crippen MR) is 55.1 cm³/mol. The van der Waals surface area contributed by atoms with Gasteiger partial charge in [-0.15, -0.1) is 0 Å². The second kappa shape index (κ2) is 3.13. The lowest BCUT2D eigenvalue weighted by molar-refractivity contribution is 0.792. The predicted octanol–water partition coefficient (Wildman–Crippen LogP) is 3.00. The first-order chi connectivity index (χ1) is 6.18. The third kappa shape index (κ3) is 1.48. The number of aryl methyl sites for hydroxylation is 2. The number of hydrogen-bond donors (Lipinski definition) is 0. The molecule has 1 nitrogen and oxygen atoms in total. The zero-order chi connectivity index (χ0) is 9.42. The third-order valence-corrected chi connectivity index (χ3v) is 2.80. The van der Waals surface area contributed by atoms with Crippen molar-refractivity contribution < 1.29 is 0 Å². The number of rotatable bonds is 1. The highest BCUT2D eigenvalue weighted by molar-refractivity contribution is 5.37. The summed E-state index contributed by atoms with van der Waals surface area (Å²) in [7, 11) is 0. The molecule has 1 aromatic heterocycles. The SMILES string of the molecule is Cc1cc2c(c(C(C)C)n1)CCC2. The van der Waals surface area contributed by atoms with Gasteiger partial charge in [-0.3, -0.25) is 4.98 Å². The molecule has 0 atom stereocenters. The topological polar surface area (TPSA) is 12.9 Å². The third-order valence-electron chi connectivity index (χ3n) is 2.80.